The van der Waals surface area contributed by atoms with Crippen LogP contribution >= 0.6 is 23.2 Å². The summed E-state index contributed by atoms with van der Waals surface area (Å²) in [6.45, 7) is 8.57. The van der Waals surface area contributed by atoms with E-state index >= 15 is 0 Å². The predicted molar refractivity (Wildman–Crippen MR) is 168 cm³/mol. The molecule has 2 aliphatic heterocycles. The molecule has 1 aromatic rings. The lowest BCUT2D eigenvalue weighted by molar-refractivity contribution is -0.137. The van der Waals surface area contributed by atoms with Crippen LogP contribution in [0.4, 0.5) is 0 Å². The molecule has 1 aliphatic carbocycles. The van der Waals surface area contributed by atoms with E-state index in [9.17, 15) is 19.2 Å². The summed E-state index contributed by atoms with van der Waals surface area (Å²) in [5.74, 6) is -2.44. The second-order valence-corrected chi connectivity index (χ2v) is 12.6. The van der Waals surface area contributed by atoms with Gasteiger partial charge in [-0.25, -0.2) is 9.59 Å². The lowest BCUT2D eigenvalue weighted by Gasteiger charge is -2.42. The van der Waals surface area contributed by atoms with Gasteiger partial charge >= 0.3 is 11.9 Å². The average molecular weight is 650 g/mol. The van der Waals surface area contributed by atoms with Gasteiger partial charge in [-0.05, 0) is 31.9 Å². The average Bonchev–Trinajstić information content (AvgIpc) is 3.47. The van der Waals surface area contributed by atoms with Crippen molar-refractivity contribution in [2.45, 2.75) is 51.9 Å². The summed E-state index contributed by atoms with van der Waals surface area (Å²) < 4.78 is 10.1. The van der Waals surface area contributed by atoms with Crippen LogP contribution in [0.15, 0.2) is 41.2 Å². The van der Waals surface area contributed by atoms with Crippen LogP contribution in [0.5, 0.6) is 0 Å². The summed E-state index contributed by atoms with van der Waals surface area (Å²) in [5.41, 5.74) is 0.928. The number of ether oxygens (including phenoxy) is 2. The van der Waals surface area contributed by atoms with E-state index in [4.69, 9.17) is 32.7 Å². The van der Waals surface area contributed by atoms with Crippen LogP contribution < -0.4 is 5.32 Å². The summed E-state index contributed by atoms with van der Waals surface area (Å²) in [6, 6.07) is 4.91. The van der Waals surface area contributed by atoms with E-state index in [0.29, 0.717) is 30.9 Å². The van der Waals surface area contributed by atoms with Gasteiger partial charge in [0.25, 0.3) is 0 Å². The first kappa shape index (κ1) is 33.8. The molecular formula is C32H42Cl2N4O6. The van der Waals surface area contributed by atoms with Gasteiger partial charge in [0.05, 0.1) is 37.7 Å². The van der Waals surface area contributed by atoms with E-state index in [-0.39, 0.29) is 44.8 Å². The summed E-state index contributed by atoms with van der Waals surface area (Å²) in [7, 11) is 2.48. The summed E-state index contributed by atoms with van der Waals surface area (Å²) >= 11 is 13.1. The SMILES string of the molecule is CCN(CC1(CN2CCN(C(=O)CC3=C(C(=O)OC)C(c4c(Cl)cccc4Cl)C(C(=O)OC)=CN3)CC2)CCCC1)C(C)=O. The van der Waals surface area contributed by atoms with E-state index < -0.39 is 17.9 Å². The van der Waals surface area contributed by atoms with Crippen LogP contribution in [0.25, 0.3) is 0 Å². The topological polar surface area (TPSA) is 108 Å². The maximum Gasteiger partial charge on any atom is 0.336 e. The van der Waals surface area contributed by atoms with Gasteiger partial charge in [-0.3, -0.25) is 14.5 Å². The first-order chi connectivity index (χ1) is 21.0. The molecule has 1 N–H and O–H groups in total. The van der Waals surface area contributed by atoms with E-state index in [2.05, 4.69) is 10.2 Å². The molecule has 1 atom stereocenters. The molecule has 1 unspecified atom stereocenters. The second kappa shape index (κ2) is 14.8. The first-order valence-corrected chi connectivity index (χ1v) is 15.9. The van der Waals surface area contributed by atoms with Crippen LogP contribution in [-0.4, -0.2) is 98.5 Å². The zero-order chi connectivity index (χ0) is 32.0. The fourth-order valence-electron chi connectivity index (χ4n) is 6.77. The van der Waals surface area contributed by atoms with Gasteiger partial charge in [-0.15, -0.1) is 0 Å². The number of carbonyl (C=O) groups excluding carboxylic acids is 4. The number of piperazine rings is 1. The number of methoxy groups -OCH3 is 2. The molecule has 2 amide bonds. The quantitative estimate of drug-likeness (QED) is 0.378. The third kappa shape index (κ3) is 7.41. The van der Waals surface area contributed by atoms with Crippen LogP contribution in [0.2, 0.25) is 10.0 Å². The molecular weight excluding hydrogens is 607 g/mol. The molecule has 44 heavy (non-hydrogen) atoms. The highest BCUT2D eigenvalue weighted by atomic mass is 35.5. The third-order valence-electron chi connectivity index (χ3n) is 9.07. The largest absolute Gasteiger partial charge is 0.466 e. The Morgan fingerprint density at radius 2 is 1.61 bits per heavy atom. The van der Waals surface area contributed by atoms with Crippen molar-refractivity contribution in [2.24, 2.45) is 5.41 Å². The first-order valence-electron chi connectivity index (χ1n) is 15.1. The van der Waals surface area contributed by atoms with Crippen LogP contribution in [0.1, 0.15) is 57.4 Å². The molecule has 2 heterocycles. The predicted octanol–water partition coefficient (Wildman–Crippen LogP) is 4.13. The van der Waals surface area contributed by atoms with Gasteiger partial charge in [0, 0.05) is 85.7 Å². The molecule has 0 aromatic heterocycles. The van der Waals surface area contributed by atoms with Crippen LogP contribution in [-0.2, 0) is 28.7 Å². The number of carbonyl (C=O) groups is 4. The Morgan fingerprint density at radius 3 is 2.16 bits per heavy atom. The number of benzene rings is 1. The van der Waals surface area contributed by atoms with Crippen molar-refractivity contribution in [3.63, 3.8) is 0 Å². The molecule has 0 bridgehead atoms. The standard InChI is InChI=1S/C32H42Cl2N4O6/c1-5-37(21(2)39)20-32(11-6-7-12-32)19-36-13-15-38(16-14-36)26(40)17-25-29(31(42)44-4)27(22(18-35-25)30(41)43-3)28-23(33)9-8-10-24(28)34/h8-10,18,27,35H,5-7,11-17,19-20H2,1-4H3. The number of dihydropyridines is 1. The molecule has 240 valence electrons. The van der Waals surface area contributed by atoms with Gasteiger partial charge in [0.1, 0.15) is 0 Å². The fraction of sp³-hybridized carbons (Fsp3) is 0.562. The number of esters is 2. The highest BCUT2D eigenvalue weighted by Crippen LogP contribution is 2.44. The summed E-state index contributed by atoms with van der Waals surface area (Å²) in [4.78, 5) is 58.0. The minimum atomic E-state index is -1.00. The summed E-state index contributed by atoms with van der Waals surface area (Å²) in [6.07, 6.45) is 5.87. The number of halogens is 2. The van der Waals surface area contributed by atoms with Gasteiger partial charge in [-0.2, -0.15) is 0 Å². The zero-order valence-electron chi connectivity index (χ0n) is 25.9. The van der Waals surface area contributed by atoms with Crippen LogP contribution in [0, 0.1) is 5.41 Å². The van der Waals surface area contributed by atoms with Gasteiger partial charge in [0.15, 0.2) is 0 Å². The van der Waals surface area contributed by atoms with Gasteiger partial charge in [0.2, 0.25) is 11.8 Å². The molecule has 3 aliphatic rings. The third-order valence-corrected chi connectivity index (χ3v) is 9.73. The number of hydrogen-bond donors (Lipinski definition) is 1. The number of amides is 2. The number of hydrogen-bond acceptors (Lipinski definition) is 8. The molecule has 1 saturated heterocycles. The molecule has 1 saturated carbocycles. The highest BCUT2D eigenvalue weighted by Gasteiger charge is 2.41. The van der Waals surface area contributed by atoms with Crippen molar-refractivity contribution in [3.8, 4) is 0 Å². The molecule has 1 aromatic carbocycles. The van der Waals surface area contributed by atoms with E-state index in [1.807, 2.05) is 11.8 Å². The zero-order valence-corrected chi connectivity index (χ0v) is 27.4. The fourth-order valence-corrected chi connectivity index (χ4v) is 7.38. The van der Waals surface area contributed by atoms with Crippen molar-refractivity contribution in [1.29, 1.82) is 0 Å². The molecule has 10 nitrogen and oxygen atoms in total. The monoisotopic (exact) mass is 648 g/mol. The van der Waals surface area contributed by atoms with E-state index in [1.54, 1.807) is 30.0 Å². The number of rotatable bonds is 10. The van der Waals surface area contributed by atoms with E-state index in [1.165, 1.54) is 33.3 Å². The van der Waals surface area contributed by atoms with Crippen LogP contribution in [0.3, 0.4) is 0 Å². The normalized spacial score (nSPS) is 20.1. The lowest BCUT2D eigenvalue weighted by Crippen LogP contribution is -2.53. The Morgan fingerprint density at radius 1 is 1.00 bits per heavy atom. The van der Waals surface area contributed by atoms with Crippen molar-refractivity contribution >= 4 is 47.0 Å². The van der Waals surface area contributed by atoms with Crippen molar-refractivity contribution in [2.75, 3.05) is 60.0 Å². The van der Waals surface area contributed by atoms with E-state index in [0.717, 1.165) is 39.0 Å². The minimum Gasteiger partial charge on any atom is -0.466 e. The number of nitrogens with one attached hydrogen (secondary N) is 1. The molecule has 0 spiro atoms. The number of nitrogens with zero attached hydrogens (tertiary/aromatic N) is 3. The highest BCUT2D eigenvalue weighted by molar-refractivity contribution is 6.36. The lowest BCUT2D eigenvalue weighted by atomic mass is 9.81. The minimum absolute atomic E-state index is 0.0755. The van der Waals surface area contributed by atoms with Gasteiger partial charge < -0.3 is 24.6 Å². The second-order valence-electron chi connectivity index (χ2n) is 11.8. The maximum absolute atomic E-state index is 13.6. The van der Waals surface area contributed by atoms with Gasteiger partial charge in [-0.1, -0.05) is 42.1 Å². The summed E-state index contributed by atoms with van der Waals surface area (Å²) in [5, 5.41) is 3.51. The molecule has 0 radical (unpaired) electrons. The Bertz CT molecular complexity index is 1310. The Balaban J connectivity index is 1.51. The Hall–Kier alpha value is -3.08. The Kier molecular flexibility index (Phi) is 11.4. The molecule has 2 fully saturated rings. The molecule has 4 rings (SSSR count). The van der Waals surface area contributed by atoms with Crippen molar-refractivity contribution < 1.29 is 28.7 Å². The van der Waals surface area contributed by atoms with Crippen molar-refractivity contribution in [3.05, 3.63) is 56.9 Å². The Labute approximate surface area is 269 Å². The molecule has 12 heteroatoms. The van der Waals surface area contributed by atoms with Crippen molar-refractivity contribution in [1.82, 2.24) is 20.0 Å². The smallest absolute Gasteiger partial charge is 0.336 e. The maximum atomic E-state index is 13.6.